The van der Waals surface area contributed by atoms with E-state index in [-0.39, 0.29) is 5.41 Å². The third-order valence-electron chi connectivity index (χ3n) is 9.16. The van der Waals surface area contributed by atoms with Crippen LogP contribution < -0.4 is 4.90 Å². The summed E-state index contributed by atoms with van der Waals surface area (Å²) in [5, 5.41) is 22.0. The number of para-hydroxylation sites is 4. The van der Waals surface area contributed by atoms with Crippen molar-refractivity contribution in [3.8, 4) is 29.0 Å². The summed E-state index contributed by atoms with van der Waals surface area (Å²) in [5.41, 5.74) is 11.5. The minimum absolute atomic E-state index is 0.181. The first-order chi connectivity index (χ1) is 22.0. The Kier molecular flexibility index (Phi) is 5.88. The minimum atomic E-state index is -0.181. The quantitative estimate of drug-likeness (QED) is 0.210. The van der Waals surface area contributed by atoms with Crippen molar-refractivity contribution < 1.29 is 0 Å². The van der Waals surface area contributed by atoms with E-state index in [1.165, 1.54) is 21.9 Å². The van der Waals surface area contributed by atoms with Gasteiger partial charge in [0.25, 0.3) is 0 Å². The first kappa shape index (κ1) is 26.5. The first-order valence-electron chi connectivity index (χ1n) is 15.1. The monoisotopic (exact) mass is 576 g/mol. The number of hydrogen-bond donors (Lipinski definition) is 0. The fourth-order valence-corrected chi connectivity index (χ4v) is 7.09. The van der Waals surface area contributed by atoms with E-state index in [1.54, 1.807) is 6.07 Å². The SMILES string of the molecule is CC1(C)c2ccccc2N(c2cc(-c3cc(C#N)cc(C#N)c3)cc(-n3c4ccccc4c4ccccc43)c2)c2ccccc21. The smallest absolute Gasteiger partial charge is 0.0992 e. The maximum atomic E-state index is 9.82. The Balaban J connectivity index is 1.48. The largest absolute Gasteiger partial charge is 0.310 e. The number of hydrogen-bond acceptors (Lipinski definition) is 3. The van der Waals surface area contributed by atoms with E-state index in [0.717, 1.165) is 44.9 Å². The van der Waals surface area contributed by atoms with Crippen LogP contribution in [-0.2, 0) is 5.41 Å². The van der Waals surface area contributed by atoms with Gasteiger partial charge in [-0.3, -0.25) is 0 Å². The highest BCUT2D eigenvalue weighted by atomic mass is 15.2. The van der Waals surface area contributed by atoms with Crippen molar-refractivity contribution in [1.82, 2.24) is 4.57 Å². The van der Waals surface area contributed by atoms with Gasteiger partial charge in [0.15, 0.2) is 0 Å². The summed E-state index contributed by atoms with van der Waals surface area (Å²) in [6.45, 7) is 4.58. The average Bonchev–Trinajstić information content (AvgIpc) is 3.42. The number of anilines is 3. The topological polar surface area (TPSA) is 55.8 Å². The number of rotatable bonds is 3. The van der Waals surface area contributed by atoms with Gasteiger partial charge in [0.05, 0.1) is 45.7 Å². The minimum Gasteiger partial charge on any atom is -0.310 e. The van der Waals surface area contributed by atoms with Crippen LogP contribution in [0.5, 0.6) is 0 Å². The van der Waals surface area contributed by atoms with Crippen LogP contribution in [0.3, 0.4) is 0 Å². The molecule has 0 fully saturated rings. The molecular weight excluding hydrogens is 548 g/mol. The molecule has 0 unspecified atom stereocenters. The van der Waals surface area contributed by atoms with E-state index < -0.39 is 0 Å². The molecular formula is C41H28N4. The fraction of sp³-hybridized carbons (Fsp3) is 0.0732. The number of benzene rings is 6. The molecule has 4 nitrogen and oxygen atoms in total. The van der Waals surface area contributed by atoms with Crippen molar-refractivity contribution in [2.24, 2.45) is 0 Å². The van der Waals surface area contributed by atoms with Gasteiger partial charge in [0, 0.05) is 27.6 Å². The number of nitriles is 2. The maximum absolute atomic E-state index is 9.82. The van der Waals surface area contributed by atoms with Crippen LogP contribution in [-0.4, -0.2) is 4.57 Å². The predicted octanol–water partition coefficient (Wildman–Crippen LogP) is 10.3. The maximum Gasteiger partial charge on any atom is 0.0992 e. The molecule has 0 radical (unpaired) electrons. The third kappa shape index (κ3) is 4.04. The lowest BCUT2D eigenvalue weighted by atomic mass is 9.73. The van der Waals surface area contributed by atoms with Crippen LogP contribution in [0.25, 0.3) is 38.6 Å². The van der Waals surface area contributed by atoms with E-state index in [9.17, 15) is 10.5 Å². The highest BCUT2D eigenvalue weighted by Gasteiger charge is 2.36. The van der Waals surface area contributed by atoms with E-state index in [4.69, 9.17) is 0 Å². The molecule has 0 saturated heterocycles. The first-order valence-corrected chi connectivity index (χ1v) is 15.1. The molecule has 1 aliphatic rings. The number of aromatic nitrogens is 1. The van der Waals surface area contributed by atoms with Gasteiger partial charge in [-0.1, -0.05) is 86.6 Å². The summed E-state index contributed by atoms with van der Waals surface area (Å²) in [6, 6.07) is 50.8. The van der Waals surface area contributed by atoms with Gasteiger partial charge >= 0.3 is 0 Å². The van der Waals surface area contributed by atoms with E-state index in [2.05, 4.69) is 151 Å². The fourth-order valence-electron chi connectivity index (χ4n) is 7.09. The highest BCUT2D eigenvalue weighted by Crippen LogP contribution is 2.52. The third-order valence-corrected chi connectivity index (χ3v) is 9.16. The summed E-state index contributed by atoms with van der Waals surface area (Å²) in [6.07, 6.45) is 0. The van der Waals surface area contributed by atoms with Crippen molar-refractivity contribution >= 4 is 38.9 Å². The summed E-state index contributed by atoms with van der Waals surface area (Å²) in [7, 11) is 0. The van der Waals surface area contributed by atoms with Crippen molar-refractivity contribution in [3.63, 3.8) is 0 Å². The van der Waals surface area contributed by atoms with Crippen molar-refractivity contribution in [2.75, 3.05) is 4.90 Å². The van der Waals surface area contributed by atoms with Crippen LogP contribution in [0.4, 0.5) is 17.1 Å². The van der Waals surface area contributed by atoms with E-state index in [1.807, 2.05) is 12.1 Å². The van der Waals surface area contributed by atoms with Crippen molar-refractivity contribution in [3.05, 3.63) is 156 Å². The molecule has 0 N–H and O–H groups in total. The van der Waals surface area contributed by atoms with Crippen molar-refractivity contribution in [2.45, 2.75) is 19.3 Å². The second kappa shape index (κ2) is 9.98. The van der Waals surface area contributed by atoms with Crippen LogP contribution >= 0.6 is 0 Å². The van der Waals surface area contributed by atoms with Crippen LogP contribution in [0, 0.1) is 22.7 Å². The molecule has 0 bridgehead atoms. The second-order valence-electron chi connectivity index (χ2n) is 12.1. The van der Waals surface area contributed by atoms with Crippen LogP contribution in [0.1, 0.15) is 36.1 Å². The number of fused-ring (bicyclic) bond motifs is 5. The molecule has 0 spiro atoms. The molecule has 4 heteroatoms. The second-order valence-corrected chi connectivity index (χ2v) is 12.1. The zero-order chi connectivity index (χ0) is 30.7. The molecule has 6 aromatic carbocycles. The molecule has 0 atom stereocenters. The van der Waals surface area contributed by atoms with Crippen molar-refractivity contribution in [1.29, 1.82) is 10.5 Å². The lowest BCUT2D eigenvalue weighted by molar-refractivity contribution is 0.632. The molecule has 7 aromatic rings. The van der Waals surface area contributed by atoms with Gasteiger partial charge in [0.1, 0.15) is 0 Å². The Morgan fingerprint density at radius 2 is 0.978 bits per heavy atom. The molecule has 212 valence electrons. The molecule has 8 rings (SSSR count). The zero-order valence-corrected chi connectivity index (χ0v) is 25.0. The number of nitrogens with zero attached hydrogens (tertiary/aromatic N) is 4. The van der Waals surface area contributed by atoms with Gasteiger partial charge in [0.2, 0.25) is 0 Å². The molecule has 1 aliphatic heterocycles. The van der Waals surface area contributed by atoms with Gasteiger partial charge < -0.3 is 9.47 Å². The van der Waals surface area contributed by atoms with Crippen LogP contribution in [0.2, 0.25) is 0 Å². The molecule has 0 aliphatic carbocycles. The zero-order valence-electron chi connectivity index (χ0n) is 25.0. The van der Waals surface area contributed by atoms with Crippen LogP contribution in [0.15, 0.2) is 133 Å². The Bertz CT molecular complexity index is 2260. The average molecular weight is 577 g/mol. The Morgan fingerprint density at radius 1 is 0.511 bits per heavy atom. The lowest BCUT2D eigenvalue weighted by Gasteiger charge is -2.42. The molecule has 45 heavy (non-hydrogen) atoms. The normalized spacial score (nSPS) is 13.2. The molecule has 2 heterocycles. The van der Waals surface area contributed by atoms with Gasteiger partial charge in [-0.25, -0.2) is 0 Å². The standard InChI is InChI=1S/C41H28N4/c1-41(2)35-13-5-9-17-39(35)45(40-18-10-6-14-36(40)41)32-23-30(29-20-27(25-42)19-28(21-29)26-43)22-31(24-32)44-37-15-7-3-11-33(37)34-12-4-8-16-38(34)44/h3-24H,1-2H3. The summed E-state index contributed by atoms with van der Waals surface area (Å²) in [5.74, 6) is 0. The summed E-state index contributed by atoms with van der Waals surface area (Å²) in [4.78, 5) is 2.36. The van der Waals surface area contributed by atoms with Gasteiger partial charge in [-0.05, 0) is 82.9 Å². The van der Waals surface area contributed by atoms with E-state index >= 15 is 0 Å². The highest BCUT2D eigenvalue weighted by molar-refractivity contribution is 6.09. The molecule has 0 saturated carbocycles. The molecule has 0 amide bonds. The van der Waals surface area contributed by atoms with E-state index in [0.29, 0.717) is 11.1 Å². The predicted molar refractivity (Wildman–Crippen MR) is 182 cm³/mol. The molecule has 1 aromatic heterocycles. The van der Waals surface area contributed by atoms with Gasteiger partial charge in [-0.15, -0.1) is 0 Å². The Labute approximate surface area is 262 Å². The Hall–Kier alpha value is -6.10. The lowest BCUT2D eigenvalue weighted by Crippen LogP contribution is -2.30. The van der Waals surface area contributed by atoms with Gasteiger partial charge in [-0.2, -0.15) is 10.5 Å². The Morgan fingerprint density at radius 3 is 1.53 bits per heavy atom. The summed E-state index contributed by atoms with van der Waals surface area (Å²) >= 11 is 0. The summed E-state index contributed by atoms with van der Waals surface area (Å²) < 4.78 is 2.32.